The van der Waals surface area contributed by atoms with Crippen molar-refractivity contribution in [2.24, 2.45) is 5.41 Å². The third-order valence-electron chi connectivity index (χ3n) is 4.09. The summed E-state index contributed by atoms with van der Waals surface area (Å²) in [5.74, 6) is -0.407. The summed E-state index contributed by atoms with van der Waals surface area (Å²) in [6.07, 6.45) is 3.43. The molecular weight excluding hydrogens is 239 g/mol. The third-order valence-corrected chi connectivity index (χ3v) is 4.40. The molecular formula is C14H18ClFO. The summed E-state index contributed by atoms with van der Waals surface area (Å²) in [5.41, 5.74) is -1.24. The molecule has 0 heterocycles. The molecule has 1 aliphatic carbocycles. The fourth-order valence-corrected chi connectivity index (χ4v) is 3.17. The first-order valence-corrected chi connectivity index (χ1v) is 6.43. The first-order chi connectivity index (χ1) is 7.88. The SMILES string of the molecule is CC1(C)CCCCC1(O)c1c(F)cccc1Cl. The number of halogens is 2. The fraction of sp³-hybridized carbons (Fsp3) is 0.571. The van der Waals surface area contributed by atoms with Crippen molar-refractivity contribution in [2.45, 2.75) is 45.1 Å². The van der Waals surface area contributed by atoms with Crippen molar-refractivity contribution >= 4 is 11.6 Å². The maximum absolute atomic E-state index is 14.0. The fourth-order valence-electron chi connectivity index (χ4n) is 2.85. The average molecular weight is 257 g/mol. The second-order valence-electron chi connectivity index (χ2n) is 5.55. The van der Waals surface area contributed by atoms with E-state index in [0.29, 0.717) is 11.4 Å². The number of aliphatic hydroxyl groups is 1. The third kappa shape index (κ3) is 1.98. The topological polar surface area (TPSA) is 20.2 Å². The molecule has 17 heavy (non-hydrogen) atoms. The minimum atomic E-state index is -1.16. The second kappa shape index (κ2) is 4.25. The number of benzene rings is 1. The van der Waals surface area contributed by atoms with E-state index in [4.69, 9.17) is 11.6 Å². The van der Waals surface area contributed by atoms with Crippen molar-refractivity contribution in [3.8, 4) is 0 Å². The van der Waals surface area contributed by atoms with Crippen LogP contribution in [0.4, 0.5) is 4.39 Å². The van der Waals surface area contributed by atoms with Gasteiger partial charge in [-0.3, -0.25) is 0 Å². The van der Waals surface area contributed by atoms with Crippen molar-refractivity contribution in [3.05, 3.63) is 34.6 Å². The van der Waals surface area contributed by atoms with Crippen molar-refractivity contribution in [3.63, 3.8) is 0 Å². The highest BCUT2D eigenvalue weighted by Gasteiger charge is 2.48. The molecule has 1 atom stereocenters. The summed E-state index contributed by atoms with van der Waals surface area (Å²) >= 11 is 6.08. The molecule has 2 rings (SSSR count). The van der Waals surface area contributed by atoms with Crippen LogP contribution in [0.25, 0.3) is 0 Å². The Hall–Kier alpha value is -0.600. The molecule has 1 unspecified atom stereocenters. The van der Waals surface area contributed by atoms with Gasteiger partial charge in [-0.15, -0.1) is 0 Å². The minimum absolute atomic E-state index is 0.270. The van der Waals surface area contributed by atoms with Crippen LogP contribution >= 0.6 is 11.6 Å². The lowest BCUT2D eigenvalue weighted by atomic mass is 9.62. The molecule has 0 spiro atoms. The zero-order chi connectivity index (χ0) is 12.7. The summed E-state index contributed by atoms with van der Waals surface area (Å²) in [5, 5.41) is 11.2. The summed E-state index contributed by atoms with van der Waals surface area (Å²) in [4.78, 5) is 0. The van der Waals surface area contributed by atoms with E-state index in [1.54, 1.807) is 12.1 Å². The van der Waals surface area contributed by atoms with Crippen LogP contribution < -0.4 is 0 Å². The molecule has 0 radical (unpaired) electrons. The van der Waals surface area contributed by atoms with E-state index in [1.165, 1.54) is 6.07 Å². The van der Waals surface area contributed by atoms with Crippen molar-refractivity contribution in [2.75, 3.05) is 0 Å². The van der Waals surface area contributed by atoms with Crippen LogP contribution in [-0.4, -0.2) is 5.11 Å². The van der Waals surface area contributed by atoms with Gasteiger partial charge in [-0.05, 0) is 30.4 Å². The Labute approximate surface area is 107 Å². The highest BCUT2D eigenvalue weighted by molar-refractivity contribution is 6.31. The van der Waals surface area contributed by atoms with Gasteiger partial charge >= 0.3 is 0 Å². The molecule has 1 aromatic rings. The highest BCUT2D eigenvalue weighted by Crippen LogP contribution is 2.52. The zero-order valence-electron chi connectivity index (χ0n) is 10.3. The van der Waals surface area contributed by atoms with E-state index in [0.717, 1.165) is 19.3 Å². The van der Waals surface area contributed by atoms with Crippen molar-refractivity contribution in [1.29, 1.82) is 0 Å². The molecule has 1 aliphatic rings. The van der Waals surface area contributed by atoms with Crippen molar-refractivity contribution < 1.29 is 9.50 Å². The Morgan fingerprint density at radius 1 is 1.24 bits per heavy atom. The van der Waals surface area contributed by atoms with Crippen molar-refractivity contribution in [1.82, 2.24) is 0 Å². The summed E-state index contributed by atoms with van der Waals surface area (Å²) in [6.45, 7) is 3.96. The lowest BCUT2D eigenvalue weighted by molar-refractivity contribution is -0.106. The van der Waals surface area contributed by atoms with E-state index in [1.807, 2.05) is 13.8 Å². The monoisotopic (exact) mass is 256 g/mol. The molecule has 1 fully saturated rings. The van der Waals surface area contributed by atoms with Gasteiger partial charge in [0.25, 0.3) is 0 Å². The largest absolute Gasteiger partial charge is 0.384 e. The molecule has 1 aromatic carbocycles. The molecule has 1 N–H and O–H groups in total. The minimum Gasteiger partial charge on any atom is -0.384 e. The van der Waals surface area contributed by atoms with Gasteiger partial charge in [-0.2, -0.15) is 0 Å². The first-order valence-electron chi connectivity index (χ1n) is 6.05. The molecule has 1 saturated carbocycles. The van der Waals surface area contributed by atoms with E-state index < -0.39 is 11.4 Å². The van der Waals surface area contributed by atoms with Gasteiger partial charge in [0.2, 0.25) is 0 Å². The lowest BCUT2D eigenvalue weighted by Gasteiger charge is -2.47. The maximum atomic E-state index is 14.0. The van der Waals surface area contributed by atoms with Gasteiger partial charge in [0.1, 0.15) is 5.82 Å². The van der Waals surface area contributed by atoms with Gasteiger partial charge in [0.15, 0.2) is 0 Å². The molecule has 0 bridgehead atoms. The summed E-state index contributed by atoms with van der Waals surface area (Å²) < 4.78 is 14.0. The van der Waals surface area contributed by atoms with E-state index in [2.05, 4.69) is 0 Å². The van der Waals surface area contributed by atoms with E-state index >= 15 is 0 Å². The highest BCUT2D eigenvalue weighted by atomic mass is 35.5. The Bertz CT molecular complexity index is 410. The molecule has 0 aromatic heterocycles. The van der Waals surface area contributed by atoms with Crippen LogP contribution in [0.1, 0.15) is 45.1 Å². The van der Waals surface area contributed by atoms with Crippen LogP contribution in [0.15, 0.2) is 18.2 Å². The summed E-state index contributed by atoms with van der Waals surface area (Å²) in [6, 6.07) is 4.58. The zero-order valence-corrected chi connectivity index (χ0v) is 11.0. The van der Waals surface area contributed by atoms with Crippen LogP contribution in [0.3, 0.4) is 0 Å². The van der Waals surface area contributed by atoms with Crippen LogP contribution in [0, 0.1) is 11.2 Å². The van der Waals surface area contributed by atoms with Gasteiger partial charge < -0.3 is 5.11 Å². The van der Waals surface area contributed by atoms with Crippen LogP contribution in [0.2, 0.25) is 5.02 Å². The predicted molar refractivity (Wildman–Crippen MR) is 67.6 cm³/mol. The Morgan fingerprint density at radius 3 is 2.47 bits per heavy atom. The van der Waals surface area contributed by atoms with Crippen LogP contribution in [-0.2, 0) is 5.60 Å². The molecule has 0 aliphatic heterocycles. The van der Waals surface area contributed by atoms with Gasteiger partial charge in [0, 0.05) is 10.6 Å². The number of hydrogen-bond acceptors (Lipinski definition) is 1. The first kappa shape index (κ1) is 12.8. The molecule has 0 saturated heterocycles. The quantitative estimate of drug-likeness (QED) is 0.796. The maximum Gasteiger partial charge on any atom is 0.130 e. The number of rotatable bonds is 1. The Balaban J connectivity index is 2.57. The number of hydrogen-bond donors (Lipinski definition) is 1. The van der Waals surface area contributed by atoms with E-state index in [9.17, 15) is 9.50 Å². The Kier molecular flexibility index (Phi) is 3.21. The molecule has 1 nitrogen and oxygen atoms in total. The second-order valence-corrected chi connectivity index (χ2v) is 5.96. The standard InChI is InChI=1S/C14H18ClFO/c1-13(2)8-3-4-9-14(13,17)12-10(15)6-5-7-11(12)16/h5-7,17H,3-4,8-9H2,1-2H3. The smallest absolute Gasteiger partial charge is 0.130 e. The van der Waals surface area contributed by atoms with Gasteiger partial charge in [-0.25, -0.2) is 4.39 Å². The predicted octanol–water partition coefficient (Wildman–Crippen LogP) is 4.27. The molecule has 0 amide bonds. The normalized spacial score (nSPS) is 28.1. The summed E-state index contributed by atoms with van der Waals surface area (Å²) in [7, 11) is 0. The van der Waals surface area contributed by atoms with E-state index in [-0.39, 0.29) is 11.0 Å². The van der Waals surface area contributed by atoms with Gasteiger partial charge in [0.05, 0.1) is 5.60 Å². The molecule has 94 valence electrons. The van der Waals surface area contributed by atoms with Crippen LogP contribution in [0.5, 0.6) is 0 Å². The molecule has 3 heteroatoms. The van der Waals surface area contributed by atoms with Gasteiger partial charge in [-0.1, -0.05) is 44.4 Å². The Morgan fingerprint density at radius 2 is 1.88 bits per heavy atom. The average Bonchev–Trinajstić information content (AvgIpc) is 2.22. The lowest BCUT2D eigenvalue weighted by Crippen LogP contribution is -2.45.